The average Bonchev–Trinajstić information content (AvgIpc) is 3.18. The van der Waals surface area contributed by atoms with Gasteiger partial charge in [0.25, 0.3) is 0 Å². The number of benzene rings is 1. The highest BCUT2D eigenvalue weighted by Gasteiger charge is 2.54. The first-order valence-electron chi connectivity index (χ1n) is 5.65. The second-order valence-corrected chi connectivity index (χ2v) is 4.80. The number of carboxylic acids is 1. The second-order valence-electron chi connectivity index (χ2n) is 4.39. The molecule has 0 aliphatic heterocycles. The Labute approximate surface area is 115 Å². The van der Waals surface area contributed by atoms with Gasteiger partial charge < -0.3 is 14.6 Å². The second kappa shape index (κ2) is 4.74. The number of rotatable bonds is 5. The number of ether oxygens (including phenoxy) is 2. The number of methoxy groups -OCH3 is 2. The highest BCUT2D eigenvalue weighted by atomic mass is 35.5. The van der Waals surface area contributed by atoms with Gasteiger partial charge in [-0.1, -0.05) is 11.6 Å². The molecule has 0 heterocycles. The van der Waals surface area contributed by atoms with Gasteiger partial charge in [-0.3, -0.25) is 9.59 Å². The van der Waals surface area contributed by atoms with Crippen molar-refractivity contribution in [3.8, 4) is 11.5 Å². The number of hydrogen-bond acceptors (Lipinski definition) is 4. The van der Waals surface area contributed by atoms with Crippen LogP contribution >= 0.6 is 11.6 Å². The quantitative estimate of drug-likeness (QED) is 0.840. The molecule has 0 atom stereocenters. The van der Waals surface area contributed by atoms with E-state index in [0.717, 1.165) is 0 Å². The molecule has 2 rings (SSSR count). The summed E-state index contributed by atoms with van der Waals surface area (Å²) in [6.45, 7) is 0. The Balaban J connectivity index is 2.72. The molecule has 1 N–H and O–H groups in total. The van der Waals surface area contributed by atoms with Crippen molar-refractivity contribution < 1.29 is 24.2 Å². The molecule has 0 bridgehead atoms. The van der Waals surface area contributed by atoms with Gasteiger partial charge in [0.15, 0.2) is 17.8 Å². The van der Waals surface area contributed by atoms with Crippen molar-refractivity contribution in [3.05, 3.63) is 22.2 Å². The molecule has 19 heavy (non-hydrogen) atoms. The normalized spacial score (nSPS) is 15.7. The number of aliphatic carboxylic acids is 1. The zero-order chi connectivity index (χ0) is 14.2. The van der Waals surface area contributed by atoms with E-state index in [1.807, 2.05) is 0 Å². The molecule has 1 saturated carbocycles. The summed E-state index contributed by atoms with van der Waals surface area (Å²) in [7, 11) is 2.78. The van der Waals surface area contributed by atoms with Crippen LogP contribution in [0.25, 0.3) is 0 Å². The summed E-state index contributed by atoms with van der Waals surface area (Å²) < 4.78 is 10.4. The van der Waals surface area contributed by atoms with Gasteiger partial charge in [0.1, 0.15) is 0 Å². The van der Waals surface area contributed by atoms with E-state index in [1.54, 1.807) is 0 Å². The summed E-state index contributed by atoms with van der Waals surface area (Å²) in [5.74, 6) is -0.496. The first-order chi connectivity index (χ1) is 9.01. The zero-order valence-electron chi connectivity index (χ0n) is 10.5. The van der Waals surface area contributed by atoms with Gasteiger partial charge >= 0.3 is 5.97 Å². The molecule has 0 radical (unpaired) electrons. The smallest absolute Gasteiger partial charge is 0.314 e. The van der Waals surface area contributed by atoms with E-state index in [-0.39, 0.29) is 22.1 Å². The molecular weight excluding hydrogens is 272 g/mol. The molecule has 0 unspecified atom stereocenters. The van der Waals surface area contributed by atoms with Gasteiger partial charge in [-0.25, -0.2) is 0 Å². The molecule has 0 spiro atoms. The first kappa shape index (κ1) is 13.7. The number of hydrogen-bond donors (Lipinski definition) is 1. The highest BCUT2D eigenvalue weighted by molar-refractivity contribution is 6.33. The summed E-state index contributed by atoms with van der Waals surface area (Å²) in [6.07, 6.45) is 1.59. The summed E-state index contributed by atoms with van der Waals surface area (Å²) in [5.41, 5.74) is -0.371. The lowest BCUT2D eigenvalue weighted by Gasteiger charge is -2.19. The van der Waals surface area contributed by atoms with Crippen molar-refractivity contribution in [1.82, 2.24) is 0 Å². The molecule has 1 aromatic rings. The van der Waals surface area contributed by atoms with Crippen molar-refractivity contribution >= 4 is 23.9 Å². The maximum Gasteiger partial charge on any atom is 0.314 e. The molecule has 0 amide bonds. The third kappa shape index (κ3) is 1.94. The SMILES string of the molecule is COc1c(C2(C(=O)O)CC2)cc(Cl)c(C=O)c1OC. The minimum Gasteiger partial charge on any atom is -0.493 e. The van der Waals surface area contributed by atoms with Crippen LogP contribution in [-0.4, -0.2) is 31.6 Å². The molecule has 102 valence electrons. The molecule has 0 saturated heterocycles. The number of carbonyl (C=O) groups excluding carboxylic acids is 1. The summed E-state index contributed by atoms with van der Waals surface area (Å²) in [5, 5.41) is 9.51. The third-order valence-corrected chi connectivity index (χ3v) is 3.74. The van der Waals surface area contributed by atoms with Crippen molar-refractivity contribution in [2.45, 2.75) is 18.3 Å². The number of aldehydes is 1. The lowest BCUT2D eigenvalue weighted by atomic mass is 9.93. The topological polar surface area (TPSA) is 72.8 Å². The zero-order valence-corrected chi connectivity index (χ0v) is 11.3. The van der Waals surface area contributed by atoms with Crippen molar-refractivity contribution in [2.24, 2.45) is 0 Å². The van der Waals surface area contributed by atoms with Crippen molar-refractivity contribution in [1.29, 1.82) is 0 Å². The van der Waals surface area contributed by atoms with Crippen LogP contribution in [-0.2, 0) is 10.2 Å². The number of halogens is 1. The van der Waals surface area contributed by atoms with E-state index in [2.05, 4.69) is 0 Å². The maximum absolute atomic E-state index is 11.4. The van der Waals surface area contributed by atoms with Crippen LogP contribution in [0.3, 0.4) is 0 Å². The molecule has 1 aromatic carbocycles. The van der Waals surface area contributed by atoms with Crippen LogP contribution in [0.2, 0.25) is 5.02 Å². The van der Waals surface area contributed by atoms with Crippen LogP contribution in [0.15, 0.2) is 6.07 Å². The van der Waals surface area contributed by atoms with E-state index in [0.29, 0.717) is 24.7 Å². The van der Waals surface area contributed by atoms with E-state index in [4.69, 9.17) is 21.1 Å². The monoisotopic (exact) mass is 284 g/mol. The fourth-order valence-electron chi connectivity index (χ4n) is 2.22. The number of carbonyl (C=O) groups is 2. The van der Waals surface area contributed by atoms with E-state index >= 15 is 0 Å². The van der Waals surface area contributed by atoms with Gasteiger partial charge in [-0.15, -0.1) is 0 Å². The predicted octanol–water partition coefficient (Wildman–Crippen LogP) is 2.29. The Morgan fingerprint density at radius 2 is 1.95 bits per heavy atom. The molecule has 1 fully saturated rings. The Morgan fingerprint density at radius 3 is 2.32 bits per heavy atom. The van der Waals surface area contributed by atoms with Crippen LogP contribution in [0.4, 0.5) is 0 Å². The van der Waals surface area contributed by atoms with Gasteiger partial charge in [0.2, 0.25) is 0 Å². The van der Waals surface area contributed by atoms with Gasteiger partial charge in [-0.05, 0) is 18.9 Å². The number of carboxylic acid groups (broad SMARTS) is 1. The van der Waals surface area contributed by atoms with Crippen molar-refractivity contribution in [3.63, 3.8) is 0 Å². The van der Waals surface area contributed by atoms with Gasteiger partial charge in [0, 0.05) is 5.56 Å². The molecular formula is C13H13ClO5. The van der Waals surface area contributed by atoms with Crippen LogP contribution in [0, 0.1) is 0 Å². The molecule has 0 aromatic heterocycles. The average molecular weight is 285 g/mol. The van der Waals surface area contributed by atoms with E-state index in [9.17, 15) is 14.7 Å². The largest absolute Gasteiger partial charge is 0.493 e. The lowest BCUT2D eigenvalue weighted by Crippen LogP contribution is -2.21. The Morgan fingerprint density at radius 1 is 1.37 bits per heavy atom. The third-order valence-electron chi connectivity index (χ3n) is 3.42. The minimum atomic E-state index is -0.982. The molecule has 5 nitrogen and oxygen atoms in total. The van der Waals surface area contributed by atoms with Crippen LogP contribution in [0.1, 0.15) is 28.8 Å². The maximum atomic E-state index is 11.4. The lowest BCUT2D eigenvalue weighted by molar-refractivity contribution is -0.140. The molecule has 1 aliphatic carbocycles. The Kier molecular flexibility index (Phi) is 3.41. The fourth-order valence-corrected chi connectivity index (χ4v) is 2.46. The fraction of sp³-hybridized carbons (Fsp3) is 0.385. The summed E-state index contributed by atoms with van der Waals surface area (Å²) >= 11 is 6.02. The van der Waals surface area contributed by atoms with Gasteiger partial charge in [-0.2, -0.15) is 0 Å². The molecule has 6 heteroatoms. The minimum absolute atomic E-state index is 0.158. The predicted molar refractivity (Wildman–Crippen MR) is 68.5 cm³/mol. The first-order valence-corrected chi connectivity index (χ1v) is 6.03. The van der Waals surface area contributed by atoms with Crippen LogP contribution in [0.5, 0.6) is 11.5 Å². The van der Waals surface area contributed by atoms with E-state index in [1.165, 1.54) is 20.3 Å². The van der Waals surface area contributed by atoms with E-state index < -0.39 is 11.4 Å². The standard InChI is InChI=1S/C13H13ClO5/c1-18-10-7(6-15)9(14)5-8(11(10)19-2)13(3-4-13)12(16)17/h5-6H,3-4H2,1-2H3,(H,16,17). The van der Waals surface area contributed by atoms with Gasteiger partial charge in [0.05, 0.1) is 30.2 Å². The molecule has 1 aliphatic rings. The Hall–Kier alpha value is -1.75. The summed E-state index contributed by atoms with van der Waals surface area (Å²) in [6, 6.07) is 1.48. The summed E-state index contributed by atoms with van der Waals surface area (Å²) in [4.78, 5) is 22.5. The highest BCUT2D eigenvalue weighted by Crippen LogP contribution is 2.55. The Bertz CT molecular complexity index is 548. The van der Waals surface area contributed by atoms with Crippen molar-refractivity contribution in [2.75, 3.05) is 14.2 Å². The van der Waals surface area contributed by atoms with Crippen LogP contribution < -0.4 is 9.47 Å².